The van der Waals surface area contributed by atoms with Crippen molar-refractivity contribution in [2.24, 2.45) is 5.10 Å². The lowest BCUT2D eigenvalue weighted by Crippen LogP contribution is -2.04. The van der Waals surface area contributed by atoms with E-state index in [0.717, 1.165) is 5.69 Å². The van der Waals surface area contributed by atoms with Gasteiger partial charge in [-0.05, 0) is 53.7 Å². The van der Waals surface area contributed by atoms with E-state index in [1.54, 1.807) is 23.0 Å². The van der Waals surface area contributed by atoms with Gasteiger partial charge >= 0.3 is 0 Å². The number of aryl methyl sites for hydroxylation is 1. The molecule has 0 amide bonds. The normalized spacial score (nSPS) is 11.0. The van der Waals surface area contributed by atoms with Gasteiger partial charge in [-0.2, -0.15) is 9.78 Å². The van der Waals surface area contributed by atoms with Crippen molar-refractivity contribution in [3.63, 3.8) is 0 Å². The molecule has 0 aliphatic carbocycles. The zero-order chi connectivity index (χ0) is 16.1. The third-order valence-corrected chi connectivity index (χ3v) is 3.22. The van der Waals surface area contributed by atoms with Gasteiger partial charge in [0.25, 0.3) is 0 Å². The molecule has 1 N–H and O–H groups in total. The molecule has 0 atom stereocenters. The molecule has 0 aliphatic heterocycles. The van der Waals surface area contributed by atoms with Gasteiger partial charge in [0.15, 0.2) is 5.82 Å². The fourth-order valence-electron chi connectivity index (χ4n) is 1.99. The largest absolute Gasteiger partial charge is 0.279 e. The molecule has 0 saturated heterocycles. The van der Waals surface area contributed by atoms with E-state index in [-0.39, 0.29) is 5.82 Å². The molecule has 1 heterocycles. The van der Waals surface area contributed by atoms with E-state index in [1.165, 1.54) is 17.7 Å². The van der Waals surface area contributed by atoms with Crippen LogP contribution >= 0.6 is 0 Å². The van der Waals surface area contributed by atoms with E-state index in [4.69, 9.17) is 0 Å². The predicted octanol–water partition coefficient (Wildman–Crippen LogP) is 2.75. The Labute approximate surface area is 132 Å². The third kappa shape index (κ3) is 3.76. The Balaban J connectivity index is 1.65. The molecule has 7 heteroatoms. The zero-order valence-electron chi connectivity index (χ0n) is 12.5. The van der Waals surface area contributed by atoms with Crippen molar-refractivity contribution in [2.75, 3.05) is 5.43 Å². The average Bonchev–Trinajstić information content (AvgIpc) is 3.02. The minimum Gasteiger partial charge on any atom is -0.279 e. The van der Waals surface area contributed by atoms with E-state index in [0.29, 0.717) is 17.9 Å². The van der Waals surface area contributed by atoms with Gasteiger partial charge in [0.2, 0.25) is 0 Å². The van der Waals surface area contributed by atoms with Gasteiger partial charge in [-0.1, -0.05) is 17.7 Å². The first-order valence-electron chi connectivity index (χ1n) is 7.10. The maximum absolute atomic E-state index is 12.8. The van der Waals surface area contributed by atoms with Crippen LogP contribution in [0.3, 0.4) is 0 Å². The molecule has 23 heavy (non-hydrogen) atoms. The smallest absolute Gasteiger partial charge is 0.162 e. The number of benzene rings is 2. The zero-order valence-corrected chi connectivity index (χ0v) is 12.5. The number of aromatic nitrogens is 4. The summed E-state index contributed by atoms with van der Waals surface area (Å²) in [4.78, 5) is 0. The van der Waals surface area contributed by atoms with Gasteiger partial charge in [-0.25, -0.2) is 4.39 Å². The monoisotopic (exact) mass is 310 g/mol. The molecular weight excluding hydrogens is 295 g/mol. The van der Waals surface area contributed by atoms with Gasteiger partial charge in [-0.15, -0.1) is 5.10 Å². The second kappa shape index (κ2) is 6.78. The molecule has 0 aliphatic rings. The van der Waals surface area contributed by atoms with Crippen molar-refractivity contribution in [1.82, 2.24) is 20.2 Å². The molecule has 0 fully saturated rings. The topological polar surface area (TPSA) is 68.0 Å². The number of hydrogen-bond donors (Lipinski definition) is 1. The Morgan fingerprint density at radius 3 is 2.61 bits per heavy atom. The number of hydrogen-bond acceptors (Lipinski definition) is 5. The summed E-state index contributed by atoms with van der Waals surface area (Å²) in [6.45, 7) is 2.03. The Morgan fingerprint density at radius 1 is 1.13 bits per heavy atom. The molecule has 0 spiro atoms. The third-order valence-electron chi connectivity index (χ3n) is 3.22. The van der Waals surface area contributed by atoms with E-state index < -0.39 is 0 Å². The van der Waals surface area contributed by atoms with Crippen LogP contribution in [0.25, 0.3) is 5.69 Å². The molecule has 116 valence electrons. The molecule has 3 aromatic rings. The molecule has 6 nitrogen and oxygen atoms in total. The van der Waals surface area contributed by atoms with Gasteiger partial charge in [0.1, 0.15) is 5.82 Å². The number of halogens is 1. The van der Waals surface area contributed by atoms with Crippen LogP contribution in [-0.4, -0.2) is 26.4 Å². The summed E-state index contributed by atoms with van der Waals surface area (Å²) in [5.74, 6) is 0.398. The lowest BCUT2D eigenvalue weighted by molar-refractivity contribution is 0.628. The van der Waals surface area contributed by atoms with Crippen LogP contribution in [0.2, 0.25) is 0 Å². The van der Waals surface area contributed by atoms with Crippen molar-refractivity contribution in [2.45, 2.75) is 13.3 Å². The summed E-state index contributed by atoms with van der Waals surface area (Å²) in [5.41, 5.74) is 5.61. The maximum Gasteiger partial charge on any atom is 0.162 e. The van der Waals surface area contributed by atoms with E-state index in [1.807, 2.05) is 31.2 Å². The Hall–Kier alpha value is -3.09. The highest BCUT2D eigenvalue weighted by Crippen LogP contribution is 2.10. The van der Waals surface area contributed by atoms with Crippen LogP contribution in [0, 0.1) is 12.7 Å². The fraction of sp³-hybridized carbons (Fsp3) is 0.125. The first-order chi connectivity index (χ1) is 11.2. The van der Waals surface area contributed by atoms with Crippen LogP contribution < -0.4 is 5.43 Å². The van der Waals surface area contributed by atoms with Gasteiger partial charge in [-0.3, -0.25) is 5.43 Å². The highest BCUT2D eigenvalue weighted by Gasteiger charge is 2.06. The Morgan fingerprint density at radius 2 is 1.87 bits per heavy atom. The molecule has 3 rings (SSSR count). The second-order valence-electron chi connectivity index (χ2n) is 4.98. The van der Waals surface area contributed by atoms with Gasteiger partial charge in [0, 0.05) is 12.6 Å². The van der Waals surface area contributed by atoms with E-state index in [2.05, 4.69) is 26.1 Å². The lowest BCUT2D eigenvalue weighted by Gasteiger charge is -2.03. The second-order valence-corrected chi connectivity index (χ2v) is 4.98. The molecule has 0 bridgehead atoms. The van der Waals surface area contributed by atoms with Crippen LogP contribution in [0.1, 0.15) is 11.4 Å². The predicted molar refractivity (Wildman–Crippen MR) is 86.1 cm³/mol. The number of anilines is 1. The van der Waals surface area contributed by atoms with Crippen LogP contribution in [0.15, 0.2) is 53.6 Å². The summed E-state index contributed by atoms with van der Waals surface area (Å²) < 4.78 is 14.5. The summed E-state index contributed by atoms with van der Waals surface area (Å²) in [5, 5.41) is 15.8. The van der Waals surface area contributed by atoms with Crippen LogP contribution in [0.4, 0.5) is 10.1 Å². The molecule has 0 radical (unpaired) electrons. The van der Waals surface area contributed by atoms with Crippen molar-refractivity contribution in [3.8, 4) is 5.69 Å². The number of tetrazole rings is 1. The maximum atomic E-state index is 12.8. The quantitative estimate of drug-likeness (QED) is 0.581. The Bertz CT molecular complexity index is 792. The van der Waals surface area contributed by atoms with Crippen molar-refractivity contribution in [1.29, 1.82) is 0 Å². The first-order valence-corrected chi connectivity index (χ1v) is 7.10. The highest BCUT2D eigenvalue weighted by atomic mass is 19.1. The lowest BCUT2D eigenvalue weighted by atomic mass is 10.2. The van der Waals surface area contributed by atoms with Gasteiger partial charge < -0.3 is 0 Å². The van der Waals surface area contributed by atoms with Crippen molar-refractivity contribution < 1.29 is 4.39 Å². The Kier molecular flexibility index (Phi) is 4.37. The number of nitrogens with one attached hydrogen (secondary N) is 1. The van der Waals surface area contributed by atoms with E-state index >= 15 is 0 Å². The molecule has 2 aromatic carbocycles. The highest BCUT2D eigenvalue weighted by molar-refractivity contribution is 5.62. The average molecular weight is 310 g/mol. The summed E-state index contributed by atoms with van der Waals surface area (Å²) in [6, 6.07) is 13.9. The fourth-order valence-corrected chi connectivity index (χ4v) is 1.99. The molecular formula is C16H15FN6. The van der Waals surface area contributed by atoms with Crippen molar-refractivity contribution in [3.05, 3.63) is 65.7 Å². The van der Waals surface area contributed by atoms with Crippen LogP contribution in [0.5, 0.6) is 0 Å². The summed E-state index contributed by atoms with van der Waals surface area (Å²) in [6.07, 6.45) is 2.13. The number of rotatable bonds is 5. The van der Waals surface area contributed by atoms with E-state index in [9.17, 15) is 4.39 Å². The molecule has 0 saturated carbocycles. The number of hydrazone groups is 1. The van der Waals surface area contributed by atoms with Crippen LogP contribution in [-0.2, 0) is 6.42 Å². The summed E-state index contributed by atoms with van der Waals surface area (Å²) in [7, 11) is 0. The molecule has 0 unspecified atom stereocenters. The van der Waals surface area contributed by atoms with Gasteiger partial charge in [0.05, 0.1) is 11.4 Å². The first kappa shape index (κ1) is 14.8. The van der Waals surface area contributed by atoms with Crippen molar-refractivity contribution >= 4 is 11.9 Å². The SMILES string of the molecule is Cc1ccc(-n2nnnc2C/C=N/Nc2ccc(F)cc2)cc1. The summed E-state index contributed by atoms with van der Waals surface area (Å²) >= 11 is 0. The minimum absolute atomic E-state index is 0.281. The minimum atomic E-state index is -0.281. The number of nitrogens with zero attached hydrogens (tertiary/aromatic N) is 5. The molecule has 1 aromatic heterocycles. The standard InChI is InChI=1S/C16H15FN6/c1-12-2-8-15(9-3-12)23-16(20-21-22-23)10-11-18-19-14-6-4-13(17)5-7-14/h2-9,11,19H,10H2,1H3/b18-11+.